The quantitative estimate of drug-likeness (QED) is 0.844. The summed E-state index contributed by atoms with van der Waals surface area (Å²) in [7, 11) is -1.95. The van der Waals surface area contributed by atoms with Gasteiger partial charge in [-0.3, -0.25) is 9.40 Å². The standard InChI is InChI=1S/C9H14N4O2S/c1-4-8(5-10)16(14,15)12-9-6-13(3)11-7(9)2/h6,8,12H,4H2,1-3H3. The molecule has 1 aromatic heterocycles. The summed E-state index contributed by atoms with van der Waals surface area (Å²) in [6.45, 7) is 3.36. The van der Waals surface area contributed by atoms with Crippen molar-refractivity contribution in [3.05, 3.63) is 11.9 Å². The van der Waals surface area contributed by atoms with Crippen molar-refractivity contribution in [2.75, 3.05) is 4.72 Å². The normalized spacial score (nSPS) is 13.1. The number of aromatic nitrogens is 2. The zero-order valence-electron chi connectivity index (χ0n) is 9.43. The van der Waals surface area contributed by atoms with Crippen molar-refractivity contribution in [3.8, 4) is 6.07 Å². The van der Waals surface area contributed by atoms with E-state index in [1.807, 2.05) is 0 Å². The van der Waals surface area contributed by atoms with Gasteiger partial charge in [-0.2, -0.15) is 10.4 Å². The Hall–Kier alpha value is -1.55. The van der Waals surface area contributed by atoms with Gasteiger partial charge in [0.05, 0.1) is 17.5 Å². The first kappa shape index (κ1) is 12.5. The van der Waals surface area contributed by atoms with Crippen LogP contribution in [0.2, 0.25) is 0 Å². The lowest BCUT2D eigenvalue weighted by atomic mass is 10.4. The first-order valence-corrected chi connectivity index (χ1v) is 6.36. The van der Waals surface area contributed by atoms with Crippen molar-refractivity contribution in [1.29, 1.82) is 5.26 Å². The number of nitrogens with zero attached hydrogens (tertiary/aromatic N) is 3. The van der Waals surface area contributed by atoms with Crippen LogP contribution in [0.4, 0.5) is 5.69 Å². The third kappa shape index (κ3) is 2.52. The molecular weight excluding hydrogens is 228 g/mol. The summed E-state index contributed by atoms with van der Waals surface area (Å²) in [5.41, 5.74) is 0.995. The zero-order valence-corrected chi connectivity index (χ0v) is 10.2. The van der Waals surface area contributed by atoms with Crippen LogP contribution in [0.15, 0.2) is 6.20 Å². The van der Waals surface area contributed by atoms with Crippen LogP contribution < -0.4 is 4.72 Å². The summed E-state index contributed by atoms with van der Waals surface area (Å²) < 4.78 is 27.4. The lowest BCUT2D eigenvalue weighted by Gasteiger charge is -2.09. The zero-order chi connectivity index (χ0) is 12.3. The van der Waals surface area contributed by atoms with E-state index in [1.54, 1.807) is 33.2 Å². The van der Waals surface area contributed by atoms with Gasteiger partial charge in [0.25, 0.3) is 0 Å². The topological polar surface area (TPSA) is 87.8 Å². The largest absolute Gasteiger partial charge is 0.279 e. The maximum atomic E-state index is 11.8. The molecular formula is C9H14N4O2S. The number of hydrogen-bond donors (Lipinski definition) is 1. The lowest BCUT2D eigenvalue weighted by Crippen LogP contribution is -2.26. The van der Waals surface area contributed by atoms with Gasteiger partial charge in [-0.05, 0) is 13.3 Å². The molecule has 0 amide bonds. The van der Waals surface area contributed by atoms with Crippen molar-refractivity contribution >= 4 is 15.7 Å². The van der Waals surface area contributed by atoms with Gasteiger partial charge >= 0.3 is 0 Å². The summed E-state index contributed by atoms with van der Waals surface area (Å²) in [5.74, 6) is 0. The number of anilines is 1. The maximum Gasteiger partial charge on any atom is 0.249 e. The molecule has 7 heteroatoms. The van der Waals surface area contributed by atoms with Gasteiger partial charge in [0.1, 0.15) is 0 Å². The van der Waals surface area contributed by atoms with Crippen LogP contribution in [0.3, 0.4) is 0 Å². The molecule has 0 saturated heterocycles. The minimum absolute atomic E-state index is 0.255. The molecule has 0 fully saturated rings. The number of aryl methyl sites for hydroxylation is 2. The van der Waals surface area contributed by atoms with Crippen molar-refractivity contribution in [2.45, 2.75) is 25.5 Å². The molecule has 1 unspecified atom stereocenters. The van der Waals surface area contributed by atoms with Gasteiger partial charge in [0, 0.05) is 13.2 Å². The lowest BCUT2D eigenvalue weighted by molar-refractivity contribution is 0.593. The van der Waals surface area contributed by atoms with E-state index in [-0.39, 0.29) is 6.42 Å². The summed E-state index contributed by atoms with van der Waals surface area (Å²) in [6.07, 6.45) is 1.82. The Morgan fingerprint density at radius 1 is 1.69 bits per heavy atom. The second kappa shape index (κ2) is 4.53. The molecule has 6 nitrogen and oxygen atoms in total. The molecule has 0 aromatic carbocycles. The molecule has 0 spiro atoms. The predicted octanol–water partition coefficient (Wildman–Crippen LogP) is 0.772. The van der Waals surface area contributed by atoms with Gasteiger partial charge in [-0.25, -0.2) is 8.42 Å². The van der Waals surface area contributed by atoms with E-state index in [0.29, 0.717) is 11.4 Å². The highest BCUT2D eigenvalue weighted by atomic mass is 32.2. The van der Waals surface area contributed by atoms with Gasteiger partial charge < -0.3 is 0 Å². The number of sulfonamides is 1. The van der Waals surface area contributed by atoms with Gasteiger partial charge in [0.15, 0.2) is 5.25 Å². The third-order valence-electron chi connectivity index (χ3n) is 2.16. The van der Waals surface area contributed by atoms with Crippen LogP contribution >= 0.6 is 0 Å². The van der Waals surface area contributed by atoms with E-state index in [0.717, 1.165) is 0 Å². The molecule has 1 heterocycles. The number of nitrogens with one attached hydrogen (secondary N) is 1. The molecule has 88 valence electrons. The first-order valence-electron chi connectivity index (χ1n) is 4.82. The van der Waals surface area contributed by atoms with Crippen molar-refractivity contribution in [3.63, 3.8) is 0 Å². The minimum atomic E-state index is -3.65. The first-order chi connectivity index (χ1) is 7.40. The van der Waals surface area contributed by atoms with Crippen molar-refractivity contribution in [2.24, 2.45) is 7.05 Å². The van der Waals surface area contributed by atoms with E-state index in [1.165, 1.54) is 4.68 Å². The predicted molar refractivity (Wildman–Crippen MR) is 60.2 cm³/mol. The fraction of sp³-hybridized carbons (Fsp3) is 0.556. The Bertz CT molecular complexity index is 512. The molecule has 0 aliphatic heterocycles. The Balaban J connectivity index is 2.98. The van der Waals surface area contributed by atoms with E-state index in [2.05, 4.69) is 9.82 Å². The average Bonchev–Trinajstić information content (AvgIpc) is 2.45. The summed E-state index contributed by atoms with van der Waals surface area (Å²) in [5, 5.41) is 11.7. The second-order valence-corrected chi connectivity index (χ2v) is 5.34. The molecule has 0 bridgehead atoms. The highest BCUT2D eigenvalue weighted by Gasteiger charge is 2.24. The van der Waals surface area contributed by atoms with E-state index in [4.69, 9.17) is 5.26 Å². The fourth-order valence-corrected chi connectivity index (χ4v) is 2.53. The number of rotatable bonds is 4. The maximum absolute atomic E-state index is 11.8. The summed E-state index contributed by atoms with van der Waals surface area (Å²) in [4.78, 5) is 0. The van der Waals surface area contributed by atoms with E-state index in [9.17, 15) is 8.42 Å². The van der Waals surface area contributed by atoms with Crippen LogP contribution in [0, 0.1) is 18.3 Å². The summed E-state index contributed by atoms with van der Waals surface area (Å²) >= 11 is 0. The molecule has 0 saturated carbocycles. The molecule has 16 heavy (non-hydrogen) atoms. The third-order valence-corrected chi connectivity index (χ3v) is 3.85. The number of nitriles is 1. The van der Waals surface area contributed by atoms with Gasteiger partial charge in [-0.15, -0.1) is 0 Å². The Kier molecular flexibility index (Phi) is 3.55. The smallest absolute Gasteiger partial charge is 0.249 e. The van der Waals surface area contributed by atoms with Crippen molar-refractivity contribution < 1.29 is 8.42 Å². The SMILES string of the molecule is CCC(C#N)S(=O)(=O)Nc1cn(C)nc1C. The minimum Gasteiger partial charge on any atom is -0.279 e. The summed E-state index contributed by atoms with van der Waals surface area (Å²) in [6, 6.07) is 1.76. The fourth-order valence-electron chi connectivity index (χ4n) is 1.30. The molecule has 1 atom stereocenters. The monoisotopic (exact) mass is 242 g/mol. The van der Waals surface area contributed by atoms with E-state index >= 15 is 0 Å². The second-order valence-electron chi connectivity index (χ2n) is 3.47. The van der Waals surface area contributed by atoms with Crippen LogP contribution in [0.25, 0.3) is 0 Å². The van der Waals surface area contributed by atoms with E-state index < -0.39 is 15.3 Å². The molecule has 1 aromatic rings. The van der Waals surface area contributed by atoms with Crippen LogP contribution in [0.5, 0.6) is 0 Å². The molecule has 0 radical (unpaired) electrons. The van der Waals surface area contributed by atoms with Crippen LogP contribution in [-0.4, -0.2) is 23.4 Å². The van der Waals surface area contributed by atoms with Gasteiger partial charge in [-0.1, -0.05) is 6.92 Å². The Morgan fingerprint density at radius 2 is 2.31 bits per heavy atom. The van der Waals surface area contributed by atoms with Crippen LogP contribution in [-0.2, 0) is 17.1 Å². The van der Waals surface area contributed by atoms with Gasteiger partial charge in [0.2, 0.25) is 10.0 Å². The number of hydrogen-bond acceptors (Lipinski definition) is 4. The average molecular weight is 242 g/mol. The molecule has 1 rings (SSSR count). The Labute approximate surface area is 94.9 Å². The highest BCUT2D eigenvalue weighted by molar-refractivity contribution is 7.93. The van der Waals surface area contributed by atoms with Crippen LogP contribution in [0.1, 0.15) is 19.0 Å². The molecule has 1 N–H and O–H groups in total. The highest BCUT2D eigenvalue weighted by Crippen LogP contribution is 2.16. The molecule has 0 aliphatic rings. The van der Waals surface area contributed by atoms with Crippen molar-refractivity contribution in [1.82, 2.24) is 9.78 Å². The molecule has 0 aliphatic carbocycles. The Morgan fingerprint density at radius 3 is 2.69 bits per heavy atom.